The number of amides is 1. The number of nitrogens with zero attached hydrogens (tertiary/aromatic N) is 1. The quantitative estimate of drug-likeness (QED) is 0.820. The summed E-state index contributed by atoms with van der Waals surface area (Å²) in [7, 11) is 0. The van der Waals surface area contributed by atoms with Crippen LogP contribution in [0.15, 0.2) is 18.2 Å². The summed E-state index contributed by atoms with van der Waals surface area (Å²) in [6.07, 6.45) is 3.11. The molecule has 1 atom stereocenters. The molecule has 0 saturated heterocycles. The number of carbonyl (C=O) groups is 1. The van der Waals surface area contributed by atoms with Crippen molar-refractivity contribution in [3.8, 4) is 0 Å². The summed E-state index contributed by atoms with van der Waals surface area (Å²) < 4.78 is 0. The maximum absolute atomic E-state index is 11.8. The molecule has 0 aromatic heterocycles. The van der Waals surface area contributed by atoms with E-state index in [0.29, 0.717) is 5.25 Å². The van der Waals surface area contributed by atoms with Crippen molar-refractivity contribution >= 4 is 17.7 Å². The summed E-state index contributed by atoms with van der Waals surface area (Å²) in [4.78, 5) is 13.7. The third-order valence-corrected chi connectivity index (χ3v) is 5.25. The van der Waals surface area contributed by atoms with E-state index < -0.39 is 0 Å². The maximum atomic E-state index is 11.8. The van der Waals surface area contributed by atoms with Crippen LogP contribution in [0, 0.1) is 0 Å². The van der Waals surface area contributed by atoms with Gasteiger partial charge in [-0.15, -0.1) is 0 Å². The van der Waals surface area contributed by atoms with Crippen molar-refractivity contribution in [3.63, 3.8) is 0 Å². The van der Waals surface area contributed by atoms with Crippen LogP contribution in [0.1, 0.15) is 49.6 Å². The normalized spacial score (nSPS) is 18.9. The second kappa shape index (κ2) is 5.20. The fourth-order valence-electron chi connectivity index (χ4n) is 3.01. The minimum absolute atomic E-state index is 0.164. The van der Waals surface area contributed by atoms with Crippen molar-refractivity contribution in [2.24, 2.45) is 0 Å². The molecule has 0 N–H and O–H groups in total. The molecule has 1 aromatic carbocycles. The van der Waals surface area contributed by atoms with E-state index in [1.165, 1.54) is 16.7 Å². The number of hydrogen-bond acceptors (Lipinski definition) is 2. The van der Waals surface area contributed by atoms with Crippen molar-refractivity contribution < 1.29 is 4.79 Å². The van der Waals surface area contributed by atoms with Gasteiger partial charge in [-0.1, -0.05) is 18.2 Å². The van der Waals surface area contributed by atoms with Crippen molar-refractivity contribution in [2.45, 2.75) is 44.9 Å². The first-order valence-corrected chi connectivity index (χ1v) is 8.11. The van der Waals surface area contributed by atoms with Gasteiger partial charge in [0.15, 0.2) is 0 Å². The molecule has 19 heavy (non-hydrogen) atoms. The molecule has 0 bridgehead atoms. The second-order valence-electron chi connectivity index (χ2n) is 5.77. The van der Waals surface area contributed by atoms with Gasteiger partial charge >= 0.3 is 0 Å². The summed E-state index contributed by atoms with van der Waals surface area (Å²) in [5, 5.41) is 0.527. The van der Waals surface area contributed by atoms with Gasteiger partial charge in [-0.25, -0.2) is 0 Å². The minimum atomic E-state index is -0.194. The summed E-state index contributed by atoms with van der Waals surface area (Å²) in [6, 6.07) is 6.76. The Labute approximate surface area is 120 Å². The molecule has 1 heterocycles. The molecule has 1 aliphatic heterocycles. The molecular weight excluding hydrogens is 254 g/mol. The Morgan fingerprint density at radius 3 is 2.68 bits per heavy atom. The van der Waals surface area contributed by atoms with E-state index in [2.05, 4.69) is 45.2 Å². The number of carbonyl (C=O) groups excluding carboxylic acids is 1. The van der Waals surface area contributed by atoms with Crippen molar-refractivity contribution in [2.75, 3.05) is 12.8 Å². The fourth-order valence-corrected chi connectivity index (χ4v) is 3.43. The Hall–Kier alpha value is -0.960. The van der Waals surface area contributed by atoms with Crippen LogP contribution in [-0.2, 0) is 16.8 Å². The van der Waals surface area contributed by atoms with Crippen LogP contribution < -0.4 is 0 Å². The first-order chi connectivity index (χ1) is 8.87. The van der Waals surface area contributed by atoms with E-state index in [-0.39, 0.29) is 11.4 Å². The van der Waals surface area contributed by atoms with Gasteiger partial charge < -0.3 is 4.90 Å². The Balaban J connectivity index is 2.42. The van der Waals surface area contributed by atoms with Gasteiger partial charge in [-0.3, -0.25) is 4.79 Å². The van der Waals surface area contributed by atoms with Crippen molar-refractivity contribution in [1.29, 1.82) is 0 Å². The minimum Gasteiger partial charge on any atom is -0.333 e. The number of fused-ring (bicyclic) bond motifs is 1. The Morgan fingerprint density at radius 1 is 1.42 bits per heavy atom. The van der Waals surface area contributed by atoms with Gasteiger partial charge in [-0.2, -0.15) is 11.8 Å². The number of benzene rings is 1. The molecule has 0 aliphatic carbocycles. The Kier molecular flexibility index (Phi) is 3.95. The number of thioether (sulfide) groups is 1. The van der Waals surface area contributed by atoms with E-state index in [9.17, 15) is 4.79 Å². The van der Waals surface area contributed by atoms with Crippen LogP contribution in [0.3, 0.4) is 0 Å². The molecule has 1 unspecified atom stereocenters. The average Bonchev–Trinajstić information content (AvgIpc) is 2.36. The highest BCUT2D eigenvalue weighted by Gasteiger charge is 2.35. The number of rotatable bonds is 2. The molecule has 0 spiro atoms. The molecular formula is C16H23NOS. The number of hydrogen-bond donors (Lipinski definition) is 0. The molecule has 2 rings (SSSR count). The van der Waals surface area contributed by atoms with Crippen LogP contribution in [-0.4, -0.2) is 23.6 Å². The molecule has 1 amide bonds. The Morgan fingerprint density at radius 2 is 2.11 bits per heavy atom. The van der Waals surface area contributed by atoms with Gasteiger partial charge in [-0.05, 0) is 50.1 Å². The van der Waals surface area contributed by atoms with Gasteiger partial charge in [0.2, 0.25) is 5.91 Å². The molecule has 1 aliphatic rings. The van der Waals surface area contributed by atoms with Gasteiger partial charge in [0, 0.05) is 18.7 Å². The van der Waals surface area contributed by atoms with Crippen LogP contribution in [0.4, 0.5) is 0 Å². The van der Waals surface area contributed by atoms with Crippen molar-refractivity contribution in [3.05, 3.63) is 34.9 Å². The highest BCUT2D eigenvalue weighted by Crippen LogP contribution is 2.37. The smallest absolute Gasteiger partial charge is 0.220 e. The first-order valence-electron chi connectivity index (χ1n) is 6.82. The van der Waals surface area contributed by atoms with Crippen molar-refractivity contribution in [1.82, 2.24) is 4.90 Å². The summed E-state index contributed by atoms with van der Waals surface area (Å²) in [5.74, 6) is 0.164. The maximum Gasteiger partial charge on any atom is 0.220 e. The Bertz CT molecular complexity index is 496. The molecule has 0 saturated carbocycles. The molecule has 0 radical (unpaired) electrons. The lowest BCUT2D eigenvalue weighted by Gasteiger charge is -2.43. The second-order valence-corrected chi connectivity index (χ2v) is 6.95. The van der Waals surface area contributed by atoms with Gasteiger partial charge in [0.05, 0.1) is 5.54 Å². The molecule has 104 valence electrons. The lowest BCUT2D eigenvalue weighted by Crippen LogP contribution is -2.49. The third-order valence-electron chi connectivity index (χ3n) is 4.27. The van der Waals surface area contributed by atoms with Gasteiger partial charge in [0.1, 0.15) is 0 Å². The molecule has 1 aromatic rings. The van der Waals surface area contributed by atoms with E-state index in [4.69, 9.17) is 0 Å². The highest BCUT2D eigenvalue weighted by molar-refractivity contribution is 7.98. The zero-order valence-corrected chi connectivity index (χ0v) is 13.3. The van der Waals surface area contributed by atoms with E-state index in [1.54, 1.807) is 6.92 Å². The van der Waals surface area contributed by atoms with E-state index >= 15 is 0 Å². The topological polar surface area (TPSA) is 20.3 Å². The first kappa shape index (κ1) is 14.4. The van der Waals surface area contributed by atoms with Gasteiger partial charge in [0.25, 0.3) is 0 Å². The fraction of sp³-hybridized carbons (Fsp3) is 0.562. The van der Waals surface area contributed by atoms with Crippen LogP contribution in [0.25, 0.3) is 0 Å². The zero-order chi connectivity index (χ0) is 14.2. The zero-order valence-electron chi connectivity index (χ0n) is 12.5. The van der Waals surface area contributed by atoms with Crippen LogP contribution >= 0.6 is 11.8 Å². The summed E-state index contributed by atoms with van der Waals surface area (Å²) in [5.41, 5.74) is 3.89. The standard InChI is InChI=1S/C16H23NOS/c1-11(19-5)13-6-7-15-14(10-13)8-9-17(12(2)18)16(15,3)4/h6-7,10-11H,8-9H2,1-5H3. The van der Waals surface area contributed by atoms with E-state index in [0.717, 1.165) is 13.0 Å². The van der Waals surface area contributed by atoms with E-state index in [1.807, 2.05) is 16.7 Å². The van der Waals surface area contributed by atoms with Crippen LogP contribution in [0.2, 0.25) is 0 Å². The third kappa shape index (κ3) is 2.53. The predicted molar refractivity (Wildman–Crippen MR) is 82.5 cm³/mol. The van der Waals surface area contributed by atoms with Crippen LogP contribution in [0.5, 0.6) is 0 Å². The highest BCUT2D eigenvalue weighted by atomic mass is 32.2. The molecule has 3 heteroatoms. The largest absolute Gasteiger partial charge is 0.333 e. The molecule has 2 nitrogen and oxygen atoms in total. The summed E-state index contributed by atoms with van der Waals surface area (Å²) in [6.45, 7) is 9.01. The predicted octanol–water partition coefficient (Wildman–Crippen LogP) is 3.75. The lowest BCUT2D eigenvalue weighted by molar-refractivity contribution is -0.135. The molecule has 0 fully saturated rings. The summed E-state index contributed by atoms with van der Waals surface area (Å²) >= 11 is 1.87. The lowest BCUT2D eigenvalue weighted by atomic mass is 9.82. The SMILES string of the molecule is CSC(C)c1ccc2c(c1)CCN(C(C)=O)C2(C)C. The average molecular weight is 277 g/mol. The monoisotopic (exact) mass is 277 g/mol.